The molecule has 0 N–H and O–H groups in total. The fourth-order valence-corrected chi connectivity index (χ4v) is 8.63. The summed E-state index contributed by atoms with van der Waals surface area (Å²) in [5.74, 6) is 5.75. The monoisotopic (exact) mass is 350 g/mol. The molecule has 0 aromatic rings. The SMILES string of the molecule is CC(=O)[C@]12CC[C@H]3[C@@H](CC[C@H]4C[C@H](C)CC[C@@]43C)[C@@H]1CC[C@@H]2CCl. The van der Waals surface area contributed by atoms with Crippen molar-refractivity contribution in [3.05, 3.63) is 0 Å². The van der Waals surface area contributed by atoms with Gasteiger partial charge in [-0.2, -0.15) is 0 Å². The minimum absolute atomic E-state index is 0.0614. The fourth-order valence-electron chi connectivity index (χ4n) is 8.20. The zero-order chi connectivity index (χ0) is 17.1. The van der Waals surface area contributed by atoms with E-state index in [1.165, 1.54) is 51.4 Å². The van der Waals surface area contributed by atoms with Crippen LogP contribution in [-0.2, 0) is 4.79 Å². The van der Waals surface area contributed by atoms with Crippen LogP contribution in [0.3, 0.4) is 0 Å². The number of ketones is 1. The summed E-state index contributed by atoms with van der Waals surface area (Å²) < 4.78 is 0. The van der Waals surface area contributed by atoms with Crippen molar-refractivity contribution in [1.82, 2.24) is 0 Å². The third-order valence-electron chi connectivity index (χ3n) is 9.45. The lowest BCUT2D eigenvalue weighted by Crippen LogP contribution is -2.55. The number of hydrogen-bond acceptors (Lipinski definition) is 1. The van der Waals surface area contributed by atoms with Gasteiger partial charge >= 0.3 is 0 Å². The smallest absolute Gasteiger partial charge is 0.136 e. The molecule has 0 aromatic carbocycles. The summed E-state index contributed by atoms with van der Waals surface area (Å²) in [6.45, 7) is 6.94. The van der Waals surface area contributed by atoms with Gasteiger partial charge in [0.15, 0.2) is 0 Å². The number of halogens is 1. The summed E-state index contributed by atoms with van der Waals surface area (Å²) >= 11 is 6.34. The molecule has 136 valence electrons. The number of alkyl halides is 1. The van der Waals surface area contributed by atoms with Crippen LogP contribution in [0.5, 0.6) is 0 Å². The average molecular weight is 351 g/mol. The van der Waals surface area contributed by atoms with Crippen LogP contribution in [0.25, 0.3) is 0 Å². The van der Waals surface area contributed by atoms with Gasteiger partial charge in [0.2, 0.25) is 0 Å². The Labute approximate surface area is 153 Å². The standard InChI is InChI=1S/C22H35ClO/c1-14-8-10-21(3)16(12-14)4-6-18-19(21)9-11-22(15(2)24)17(13-23)5-7-20(18)22/h14,16-20H,4-13H2,1-3H3/t14-,16+,17-,18-,19+,20+,21+,22+/m1/s1. The van der Waals surface area contributed by atoms with Crippen LogP contribution >= 0.6 is 11.6 Å². The van der Waals surface area contributed by atoms with Crippen LogP contribution in [0, 0.1) is 46.3 Å². The van der Waals surface area contributed by atoms with Crippen LogP contribution in [0.1, 0.15) is 78.6 Å². The molecule has 4 aliphatic rings. The second-order valence-electron chi connectivity index (χ2n) is 10.1. The van der Waals surface area contributed by atoms with E-state index in [0.29, 0.717) is 28.9 Å². The molecule has 0 unspecified atom stereocenters. The Morgan fingerprint density at radius 1 is 1.04 bits per heavy atom. The van der Waals surface area contributed by atoms with Crippen LogP contribution in [-0.4, -0.2) is 11.7 Å². The van der Waals surface area contributed by atoms with Crippen molar-refractivity contribution in [2.45, 2.75) is 78.6 Å². The molecule has 8 atom stereocenters. The molecular weight excluding hydrogens is 316 g/mol. The van der Waals surface area contributed by atoms with Gasteiger partial charge in [-0.25, -0.2) is 0 Å². The molecule has 0 heterocycles. The van der Waals surface area contributed by atoms with Crippen molar-refractivity contribution in [3.63, 3.8) is 0 Å². The first-order valence-electron chi connectivity index (χ1n) is 10.5. The van der Waals surface area contributed by atoms with E-state index < -0.39 is 0 Å². The number of hydrogen-bond donors (Lipinski definition) is 0. The van der Waals surface area contributed by atoms with E-state index in [4.69, 9.17) is 11.6 Å². The summed E-state index contributed by atoms with van der Waals surface area (Å²) in [6.07, 6.45) is 12.0. The predicted molar refractivity (Wildman–Crippen MR) is 100 cm³/mol. The number of rotatable bonds is 2. The van der Waals surface area contributed by atoms with Crippen molar-refractivity contribution in [2.24, 2.45) is 46.3 Å². The molecule has 0 amide bonds. The summed E-state index contributed by atoms with van der Waals surface area (Å²) in [7, 11) is 0. The molecule has 4 aliphatic carbocycles. The van der Waals surface area contributed by atoms with Gasteiger partial charge in [-0.15, -0.1) is 11.6 Å². The zero-order valence-electron chi connectivity index (χ0n) is 15.8. The largest absolute Gasteiger partial charge is 0.299 e. The topological polar surface area (TPSA) is 17.1 Å². The third kappa shape index (κ3) is 2.22. The van der Waals surface area contributed by atoms with Crippen molar-refractivity contribution >= 4 is 17.4 Å². The highest BCUT2D eigenvalue weighted by Crippen LogP contribution is 2.68. The lowest BCUT2D eigenvalue weighted by atomic mass is 9.43. The van der Waals surface area contributed by atoms with E-state index in [1.54, 1.807) is 0 Å². The maximum Gasteiger partial charge on any atom is 0.136 e. The summed E-state index contributed by atoms with van der Waals surface area (Å²) in [6, 6.07) is 0. The summed E-state index contributed by atoms with van der Waals surface area (Å²) in [5, 5.41) is 0. The van der Waals surface area contributed by atoms with Gasteiger partial charge in [0, 0.05) is 11.3 Å². The second-order valence-corrected chi connectivity index (χ2v) is 10.4. The Balaban J connectivity index is 1.66. The molecule has 2 heteroatoms. The minimum atomic E-state index is -0.0614. The predicted octanol–water partition coefficient (Wildman–Crippen LogP) is 6.09. The van der Waals surface area contributed by atoms with Crippen LogP contribution in [0.4, 0.5) is 0 Å². The Kier molecular flexibility index (Phi) is 4.34. The average Bonchev–Trinajstić information content (AvgIpc) is 2.95. The second kappa shape index (κ2) is 6.00. The van der Waals surface area contributed by atoms with Crippen molar-refractivity contribution in [2.75, 3.05) is 5.88 Å². The van der Waals surface area contributed by atoms with Crippen molar-refractivity contribution in [3.8, 4) is 0 Å². The van der Waals surface area contributed by atoms with Gasteiger partial charge in [-0.05, 0) is 99.2 Å². The lowest BCUT2D eigenvalue weighted by Gasteiger charge is -2.61. The highest BCUT2D eigenvalue weighted by molar-refractivity contribution is 6.18. The summed E-state index contributed by atoms with van der Waals surface area (Å²) in [4.78, 5) is 12.8. The highest BCUT2D eigenvalue weighted by atomic mass is 35.5. The molecule has 24 heavy (non-hydrogen) atoms. The van der Waals surface area contributed by atoms with Gasteiger partial charge in [-0.3, -0.25) is 4.79 Å². The van der Waals surface area contributed by atoms with E-state index in [2.05, 4.69) is 13.8 Å². The van der Waals surface area contributed by atoms with Crippen molar-refractivity contribution in [1.29, 1.82) is 0 Å². The first-order chi connectivity index (χ1) is 11.4. The van der Waals surface area contributed by atoms with Gasteiger partial charge in [0.1, 0.15) is 5.78 Å². The van der Waals surface area contributed by atoms with E-state index in [0.717, 1.165) is 30.1 Å². The zero-order valence-corrected chi connectivity index (χ0v) is 16.6. The molecule has 0 aromatic heterocycles. The first kappa shape index (κ1) is 17.4. The quantitative estimate of drug-likeness (QED) is 0.551. The molecule has 0 spiro atoms. The fraction of sp³-hybridized carbons (Fsp3) is 0.955. The number of carbonyl (C=O) groups is 1. The first-order valence-corrected chi connectivity index (χ1v) is 11.0. The molecule has 0 radical (unpaired) electrons. The Morgan fingerprint density at radius 3 is 2.54 bits per heavy atom. The van der Waals surface area contributed by atoms with E-state index >= 15 is 0 Å². The van der Waals surface area contributed by atoms with Gasteiger partial charge in [0.05, 0.1) is 0 Å². The number of Topliss-reactive ketones (excluding diaryl/α,β-unsaturated/α-hetero) is 1. The van der Waals surface area contributed by atoms with Crippen LogP contribution in [0.15, 0.2) is 0 Å². The summed E-state index contributed by atoms with van der Waals surface area (Å²) in [5.41, 5.74) is 0.492. The molecule has 1 nitrogen and oxygen atoms in total. The number of fused-ring (bicyclic) bond motifs is 5. The van der Waals surface area contributed by atoms with E-state index in [1.807, 2.05) is 6.92 Å². The normalized spacial score (nSPS) is 53.8. The van der Waals surface area contributed by atoms with Crippen LogP contribution < -0.4 is 0 Å². The molecule has 4 fully saturated rings. The maximum absolute atomic E-state index is 12.8. The molecule has 0 aliphatic heterocycles. The highest BCUT2D eigenvalue weighted by Gasteiger charge is 2.62. The van der Waals surface area contributed by atoms with Crippen molar-refractivity contribution < 1.29 is 4.79 Å². The Hall–Kier alpha value is -0.0400. The van der Waals surface area contributed by atoms with E-state index in [-0.39, 0.29) is 5.41 Å². The van der Waals surface area contributed by atoms with Gasteiger partial charge < -0.3 is 0 Å². The van der Waals surface area contributed by atoms with Gasteiger partial charge in [-0.1, -0.05) is 20.3 Å². The molecule has 4 saturated carbocycles. The van der Waals surface area contributed by atoms with Gasteiger partial charge in [0.25, 0.3) is 0 Å². The molecule has 0 saturated heterocycles. The maximum atomic E-state index is 12.8. The Bertz CT molecular complexity index is 516. The molecular formula is C22H35ClO. The third-order valence-corrected chi connectivity index (χ3v) is 9.82. The molecule has 4 rings (SSSR count). The Morgan fingerprint density at radius 2 is 1.83 bits per heavy atom. The number of carbonyl (C=O) groups excluding carboxylic acids is 1. The van der Waals surface area contributed by atoms with Crippen LogP contribution in [0.2, 0.25) is 0 Å². The lowest BCUT2D eigenvalue weighted by molar-refractivity contribution is -0.150. The minimum Gasteiger partial charge on any atom is -0.299 e. The van der Waals surface area contributed by atoms with E-state index in [9.17, 15) is 4.79 Å². The molecule has 0 bridgehead atoms.